The van der Waals surface area contributed by atoms with Gasteiger partial charge in [0, 0.05) is 24.4 Å². The van der Waals surface area contributed by atoms with E-state index in [1.807, 2.05) is 57.3 Å². The molecule has 29 heavy (non-hydrogen) atoms. The zero-order valence-electron chi connectivity index (χ0n) is 17.4. The second-order valence-corrected chi connectivity index (χ2v) is 8.46. The minimum Gasteiger partial charge on any atom is -0.451 e. The van der Waals surface area contributed by atoms with Crippen molar-refractivity contribution in [2.45, 2.75) is 43.4 Å². The van der Waals surface area contributed by atoms with Crippen molar-refractivity contribution < 1.29 is 14.3 Å². The van der Waals surface area contributed by atoms with Gasteiger partial charge in [0.25, 0.3) is 5.91 Å². The number of carbonyl (C=O) groups is 2. The van der Waals surface area contributed by atoms with Crippen LogP contribution in [0.2, 0.25) is 0 Å². The van der Waals surface area contributed by atoms with Gasteiger partial charge in [-0.2, -0.15) is 0 Å². The van der Waals surface area contributed by atoms with E-state index in [1.165, 1.54) is 0 Å². The summed E-state index contributed by atoms with van der Waals surface area (Å²) in [5.41, 5.74) is 4.12. The minimum absolute atomic E-state index is 0.178. The predicted octanol–water partition coefficient (Wildman–Crippen LogP) is 4.02. The van der Waals surface area contributed by atoms with E-state index in [1.54, 1.807) is 23.6 Å². The Hall–Kier alpha value is -2.31. The molecular weight excluding hydrogens is 384 g/mol. The molecule has 1 aliphatic heterocycles. The van der Waals surface area contributed by atoms with E-state index in [0.29, 0.717) is 13.1 Å². The van der Waals surface area contributed by atoms with Crippen LogP contribution in [-0.4, -0.2) is 38.1 Å². The number of thioether (sulfide) groups is 1. The molecule has 0 spiro atoms. The lowest BCUT2D eigenvalue weighted by Gasteiger charge is -2.28. The van der Waals surface area contributed by atoms with Crippen molar-refractivity contribution in [3.05, 3.63) is 59.2 Å². The topological polar surface area (TPSA) is 58.6 Å². The summed E-state index contributed by atoms with van der Waals surface area (Å²) in [5, 5.41) is 2.80. The van der Waals surface area contributed by atoms with E-state index in [0.717, 1.165) is 27.3 Å². The number of likely N-dealkylation sites (N-methyl/N-ethyl adjacent to an activating group) is 1. The van der Waals surface area contributed by atoms with Gasteiger partial charge >= 0.3 is 5.97 Å². The monoisotopic (exact) mass is 412 g/mol. The van der Waals surface area contributed by atoms with Crippen LogP contribution >= 0.6 is 11.8 Å². The first-order chi connectivity index (χ1) is 13.9. The third-order valence-corrected chi connectivity index (χ3v) is 6.34. The molecule has 0 saturated heterocycles. The Kier molecular flexibility index (Phi) is 6.98. The second kappa shape index (κ2) is 9.46. The Labute approximate surface area is 176 Å². The fourth-order valence-corrected chi connectivity index (χ4v) is 4.74. The molecule has 0 saturated carbocycles. The third kappa shape index (κ3) is 4.82. The van der Waals surface area contributed by atoms with Crippen molar-refractivity contribution in [1.29, 1.82) is 0 Å². The minimum atomic E-state index is -0.875. The van der Waals surface area contributed by atoms with Crippen LogP contribution in [0.3, 0.4) is 0 Å². The summed E-state index contributed by atoms with van der Waals surface area (Å²) in [6.07, 6.45) is -0.641. The van der Waals surface area contributed by atoms with Gasteiger partial charge in [0.15, 0.2) is 6.10 Å². The lowest BCUT2D eigenvalue weighted by molar-refractivity contribution is -0.154. The van der Waals surface area contributed by atoms with Gasteiger partial charge in [0.05, 0.1) is 10.9 Å². The highest BCUT2D eigenvalue weighted by atomic mass is 32.2. The molecule has 0 aromatic heterocycles. The molecule has 2 aromatic rings. The molecule has 5 nitrogen and oxygen atoms in total. The van der Waals surface area contributed by atoms with Crippen LogP contribution in [0.4, 0.5) is 5.69 Å². The molecule has 2 atom stereocenters. The number of amides is 1. The van der Waals surface area contributed by atoms with Gasteiger partial charge in [-0.3, -0.25) is 9.59 Å². The van der Waals surface area contributed by atoms with Crippen LogP contribution in [-0.2, 0) is 14.3 Å². The van der Waals surface area contributed by atoms with Crippen molar-refractivity contribution in [1.82, 2.24) is 5.32 Å². The number of nitrogens with one attached hydrogen (secondary N) is 1. The van der Waals surface area contributed by atoms with Gasteiger partial charge in [-0.15, -0.1) is 11.8 Å². The Bertz CT molecular complexity index is 882. The summed E-state index contributed by atoms with van der Waals surface area (Å²) in [5.74, 6) is -0.542. The lowest BCUT2D eigenvalue weighted by atomic mass is 10.0. The fourth-order valence-electron chi connectivity index (χ4n) is 3.33. The van der Waals surface area contributed by atoms with Crippen molar-refractivity contribution in [2.24, 2.45) is 0 Å². The summed E-state index contributed by atoms with van der Waals surface area (Å²) < 4.78 is 5.73. The van der Waals surface area contributed by atoms with E-state index in [9.17, 15) is 9.59 Å². The zero-order chi connectivity index (χ0) is 21.0. The maximum absolute atomic E-state index is 13.6. The number of hydrogen-bond donors (Lipinski definition) is 1. The molecular formula is C23H28N2O3S. The highest BCUT2D eigenvalue weighted by Crippen LogP contribution is 2.47. The molecule has 0 aliphatic carbocycles. The molecule has 3 rings (SSSR count). The largest absolute Gasteiger partial charge is 0.451 e. The highest BCUT2D eigenvalue weighted by Gasteiger charge is 2.40. The van der Waals surface area contributed by atoms with E-state index >= 15 is 0 Å². The molecule has 1 amide bonds. The predicted molar refractivity (Wildman–Crippen MR) is 117 cm³/mol. The quantitative estimate of drug-likeness (QED) is 0.726. The maximum Gasteiger partial charge on any atom is 0.306 e. The van der Waals surface area contributed by atoms with Crippen LogP contribution in [0.25, 0.3) is 0 Å². The van der Waals surface area contributed by atoms with Gasteiger partial charge in [0.1, 0.15) is 0 Å². The normalized spacial score (nSPS) is 18.9. The average molecular weight is 413 g/mol. The summed E-state index contributed by atoms with van der Waals surface area (Å²) in [6, 6.07) is 14.2. The Morgan fingerprint density at radius 2 is 1.83 bits per heavy atom. The Morgan fingerprint density at radius 3 is 2.48 bits per heavy atom. The number of aryl methyl sites for hydroxylation is 2. The lowest BCUT2D eigenvalue weighted by Crippen LogP contribution is -2.45. The third-order valence-electron chi connectivity index (χ3n) is 4.98. The second-order valence-electron chi connectivity index (χ2n) is 7.28. The average Bonchev–Trinajstić information content (AvgIpc) is 2.82. The van der Waals surface area contributed by atoms with Gasteiger partial charge in [0.2, 0.25) is 0 Å². The first-order valence-corrected chi connectivity index (χ1v) is 10.8. The number of carbonyl (C=O) groups excluding carboxylic acids is 2. The highest BCUT2D eigenvalue weighted by molar-refractivity contribution is 7.99. The van der Waals surface area contributed by atoms with Gasteiger partial charge in [-0.05, 0) is 44.2 Å². The van der Waals surface area contributed by atoms with E-state index in [4.69, 9.17) is 4.74 Å². The molecule has 2 aromatic carbocycles. The molecule has 1 N–H and O–H groups in total. The first kappa shape index (κ1) is 21.4. The number of anilines is 1. The SMILES string of the molecule is CCC(=O)OC1C(=O)N(CCNC)c2ccc(C)cc2SC1c1ccc(C)cc1. The molecule has 154 valence electrons. The Balaban J connectivity index is 2.11. The molecule has 2 unspecified atom stereocenters. The van der Waals surface area contributed by atoms with E-state index in [-0.39, 0.29) is 23.5 Å². The standard InChI is InChI=1S/C23H28N2O3S/c1-5-20(26)28-21-22(17-9-6-15(2)7-10-17)29-19-14-16(3)8-11-18(19)25(23(21)27)13-12-24-4/h6-11,14,21-22,24H,5,12-13H2,1-4H3. The molecule has 1 heterocycles. The molecule has 1 aliphatic rings. The first-order valence-electron chi connectivity index (χ1n) is 9.94. The summed E-state index contributed by atoms with van der Waals surface area (Å²) >= 11 is 1.59. The summed E-state index contributed by atoms with van der Waals surface area (Å²) in [6.45, 7) is 6.97. The number of hydrogen-bond acceptors (Lipinski definition) is 5. The number of fused-ring (bicyclic) bond motifs is 1. The van der Waals surface area contributed by atoms with Gasteiger partial charge in [-0.25, -0.2) is 0 Å². The van der Waals surface area contributed by atoms with Gasteiger partial charge < -0.3 is 15.0 Å². The van der Waals surface area contributed by atoms with Gasteiger partial charge in [-0.1, -0.05) is 42.8 Å². The number of esters is 1. The smallest absolute Gasteiger partial charge is 0.306 e. The molecule has 0 fully saturated rings. The Morgan fingerprint density at radius 1 is 1.14 bits per heavy atom. The molecule has 0 bridgehead atoms. The number of nitrogens with zero attached hydrogens (tertiary/aromatic N) is 1. The van der Waals surface area contributed by atoms with Crippen molar-refractivity contribution in [3.63, 3.8) is 0 Å². The van der Waals surface area contributed by atoms with Crippen LogP contribution in [0.15, 0.2) is 47.4 Å². The fraction of sp³-hybridized carbons (Fsp3) is 0.391. The maximum atomic E-state index is 13.6. The summed E-state index contributed by atoms with van der Waals surface area (Å²) in [4.78, 5) is 28.6. The van der Waals surface area contributed by atoms with Crippen molar-refractivity contribution in [2.75, 3.05) is 25.0 Å². The number of rotatable bonds is 6. The molecule has 0 radical (unpaired) electrons. The van der Waals surface area contributed by atoms with E-state index in [2.05, 4.69) is 11.4 Å². The van der Waals surface area contributed by atoms with E-state index < -0.39 is 6.10 Å². The summed E-state index contributed by atoms with van der Waals surface area (Å²) in [7, 11) is 1.86. The number of ether oxygens (including phenoxy) is 1. The van der Waals surface area contributed by atoms with Crippen molar-refractivity contribution >= 4 is 29.3 Å². The van der Waals surface area contributed by atoms with Crippen molar-refractivity contribution in [3.8, 4) is 0 Å². The van der Waals surface area contributed by atoms with Crippen LogP contribution in [0.1, 0.15) is 35.3 Å². The van der Waals surface area contributed by atoms with Crippen LogP contribution < -0.4 is 10.2 Å². The van der Waals surface area contributed by atoms with Crippen LogP contribution in [0.5, 0.6) is 0 Å². The number of benzene rings is 2. The zero-order valence-corrected chi connectivity index (χ0v) is 18.2. The van der Waals surface area contributed by atoms with Crippen LogP contribution in [0, 0.1) is 13.8 Å². The molecule has 6 heteroatoms.